The van der Waals surface area contributed by atoms with E-state index in [2.05, 4.69) is 0 Å². The Labute approximate surface area is 66.6 Å². The van der Waals surface area contributed by atoms with E-state index in [1.165, 1.54) is 0 Å². The van der Waals surface area contributed by atoms with E-state index in [-0.39, 0.29) is 66.9 Å². The van der Waals surface area contributed by atoms with Gasteiger partial charge in [0.2, 0.25) is 0 Å². The van der Waals surface area contributed by atoms with Crippen LogP contribution in [0.3, 0.4) is 0 Å². The van der Waals surface area contributed by atoms with Crippen molar-refractivity contribution in [3.05, 3.63) is 0 Å². The largest absolute Gasteiger partial charge is 2.00 e. The molecule has 0 saturated heterocycles. The van der Waals surface area contributed by atoms with Gasteiger partial charge in [0.05, 0.1) is 0 Å². The zero-order valence-corrected chi connectivity index (χ0v) is 4.88. The molecule has 0 rings (SSSR count). The summed E-state index contributed by atoms with van der Waals surface area (Å²) in [6.07, 6.45) is 0. The average Bonchev–Trinajstić information content (AvgIpc) is 0. The quantitative estimate of drug-likeness (QED) is 0.448. The molecule has 0 aromatic rings. The van der Waals surface area contributed by atoms with Crippen molar-refractivity contribution in [2.45, 2.75) is 7.43 Å². The first kappa shape index (κ1) is 41.7. The summed E-state index contributed by atoms with van der Waals surface area (Å²) >= 11 is 0. The zero-order chi connectivity index (χ0) is 0. The maximum atomic E-state index is 0. The van der Waals surface area contributed by atoms with Crippen LogP contribution in [0.4, 0.5) is 0 Å². The molecular formula is CH6FeMgNi. The van der Waals surface area contributed by atoms with Crippen LogP contribution >= 0.6 is 0 Å². The Bertz CT molecular complexity index is 13.5. The maximum Gasteiger partial charge on any atom is 2.00 e. The Morgan fingerprint density at radius 3 is 1.25 bits per heavy atom. The molecular weight excluding hydrogens is 151 g/mol. The van der Waals surface area contributed by atoms with Crippen LogP contribution in [0.15, 0.2) is 0 Å². The molecule has 3 heteroatoms. The van der Waals surface area contributed by atoms with Gasteiger partial charge in [-0.2, -0.15) is 0 Å². The number of hydrogen-bond acceptors (Lipinski definition) is 0. The van der Waals surface area contributed by atoms with Gasteiger partial charge < -0.3 is 2.85 Å². The number of rotatable bonds is 0. The summed E-state index contributed by atoms with van der Waals surface area (Å²) in [7, 11) is 0. The molecule has 0 aliphatic rings. The predicted molar refractivity (Wildman–Crippen MR) is 14.7 cm³/mol. The topological polar surface area (TPSA) is 0 Å². The second-order valence-corrected chi connectivity index (χ2v) is 0. The van der Waals surface area contributed by atoms with Gasteiger partial charge in [0.1, 0.15) is 0 Å². The van der Waals surface area contributed by atoms with Gasteiger partial charge in [0.15, 0.2) is 0 Å². The summed E-state index contributed by atoms with van der Waals surface area (Å²) in [5.74, 6) is 0. The Morgan fingerprint density at radius 2 is 1.25 bits per heavy atom. The van der Waals surface area contributed by atoms with E-state index >= 15 is 0 Å². The van der Waals surface area contributed by atoms with Crippen molar-refractivity contribution in [3.63, 3.8) is 0 Å². The standard InChI is InChI=1S/CH4.Fe.Mg.Ni.2H/h1H4;;;;;/q;;+2;;2*-1. The molecule has 0 heterocycles. The van der Waals surface area contributed by atoms with Crippen molar-refractivity contribution < 1.29 is 36.4 Å². The van der Waals surface area contributed by atoms with Crippen LogP contribution in [-0.4, -0.2) is 23.1 Å². The molecule has 0 unspecified atom stereocenters. The van der Waals surface area contributed by atoms with Crippen molar-refractivity contribution in [2.75, 3.05) is 0 Å². The molecule has 0 fully saturated rings. The van der Waals surface area contributed by atoms with Crippen LogP contribution in [0.5, 0.6) is 0 Å². The summed E-state index contributed by atoms with van der Waals surface area (Å²) in [5, 5.41) is 0. The van der Waals surface area contributed by atoms with Crippen molar-refractivity contribution in [1.29, 1.82) is 0 Å². The molecule has 0 nitrogen and oxygen atoms in total. The van der Waals surface area contributed by atoms with Gasteiger partial charge in [0.25, 0.3) is 0 Å². The molecule has 4 heavy (non-hydrogen) atoms. The van der Waals surface area contributed by atoms with Crippen LogP contribution in [0, 0.1) is 0 Å². The molecule has 0 aromatic heterocycles. The molecule has 0 radical (unpaired) electrons. The first-order chi connectivity index (χ1) is 0. The van der Waals surface area contributed by atoms with Crippen LogP contribution in [0.2, 0.25) is 0 Å². The fourth-order valence-corrected chi connectivity index (χ4v) is 0. The van der Waals surface area contributed by atoms with E-state index < -0.39 is 0 Å². The van der Waals surface area contributed by atoms with E-state index in [0.717, 1.165) is 0 Å². The third kappa shape index (κ3) is 9.22. The van der Waals surface area contributed by atoms with E-state index in [0.29, 0.717) is 0 Å². The van der Waals surface area contributed by atoms with Crippen LogP contribution in [-0.2, 0) is 33.6 Å². The van der Waals surface area contributed by atoms with E-state index in [1.807, 2.05) is 0 Å². The minimum atomic E-state index is 0. The minimum Gasteiger partial charge on any atom is -1.00 e. The van der Waals surface area contributed by atoms with Crippen molar-refractivity contribution in [2.24, 2.45) is 0 Å². The fourth-order valence-electron chi connectivity index (χ4n) is 0. The van der Waals surface area contributed by atoms with Gasteiger partial charge in [0, 0.05) is 33.6 Å². The second kappa shape index (κ2) is 21.6. The third-order valence-electron chi connectivity index (χ3n) is 0. The van der Waals surface area contributed by atoms with E-state index in [9.17, 15) is 0 Å². The van der Waals surface area contributed by atoms with Gasteiger partial charge in [-0.1, -0.05) is 7.43 Å². The first-order valence-electron chi connectivity index (χ1n) is 0. The van der Waals surface area contributed by atoms with Gasteiger partial charge >= 0.3 is 23.1 Å². The Hall–Kier alpha value is 1.78. The smallest absolute Gasteiger partial charge is 1.00 e. The van der Waals surface area contributed by atoms with Crippen LogP contribution < -0.4 is 0 Å². The molecule has 0 atom stereocenters. The van der Waals surface area contributed by atoms with E-state index in [4.69, 9.17) is 0 Å². The molecule has 0 aliphatic carbocycles. The third-order valence-corrected chi connectivity index (χ3v) is 0. The minimum absolute atomic E-state index is 0. The second-order valence-electron chi connectivity index (χ2n) is 0. The SMILES string of the molecule is C.[Fe].[H-].[H-].[Mg+2].[Ni]. The normalized spacial score (nSPS) is 0. The van der Waals surface area contributed by atoms with Crippen molar-refractivity contribution in [3.8, 4) is 0 Å². The fraction of sp³-hybridized carbons (Fsp3) is 1.00. The Kier molecular flexibility index (Phi) is 225. The van der Waals surface area contributed by atoms with Gasteiger partial charge in [-0.3, -0.25) is 0 Å². The number of hydrogen-bond donors (Lipinski definition) is 0. The molecule has 30 valence electrons. The average molecular weight is 157 g/mol. The van der Waals surface area contributed by atoms with Gasteiger partial charge in [-0.25, -0.2) is 0 Å². The van der Waals surface area contributed by atoms with Crippen LogP contribution in [0.1, 0.15) is 10.3 Å². The molecule has 0 amide bonds. The van der Waals surface area contributed by atoms with Gasteiger partial charge in [-0.15, -0.1) is 0 Å². The Morgan fingerprint density at radius 1 is 1.25 bits per heavy atom. The predicted octanol–water partition coefficient (Wildman–Crippen LogP) is 0.475. The summed E-state index contributed by atoms with van der Waals surface area (Å²) in [4.78, 5) is 0. The summed E-state index contributed by atoms with van der Waals surface area (Å²) in [6, 6.07) is 0. The molecule has 0 saturated carbocycles. The van der Waals surface area contributed by atoms with Crippen molar-refractivity contribution in [1.82, 2.24) is 0 Å². The molecule has 0 aromatic carbocycles. The van der Waals surface area contributed by atoms with Crippen molar-refractivity contribution >= 4 is 23.1 Å². The molecule has 0 N–H and O–H groups in total. The first-order valence-corrected chi connectivity index (χ1v) is 0. The molecule has 0 spiro atoms. The van der Waals surface area contributed by atoms with Gasteiger partial charge in [-0.05, 0) is 0 Å². The molecule has 0 bridgehead atoms. The van der Waals surface area contributed by atoms with Crippen LogP contribution in [0.25, 0.3) is 0 Å². The summed E-state index contributed by atoms with van der Waals surface area (Å²) in [5.41, 5.74) is 0. The monoisotopic (exact) mass is 156 g/mol. The summed E-state index contributed by atoms with van der Waals surface area (Å²) in [6.45, 7) is 0. The van der Waals surface area contributed by atoms with E-state index in [1.54, 1.807) is 0 Å². The Balaban J connectivity index is 0. The zero-order valence-electron chi connectivity index (χ0n) is 3.38. The summed E-state index contributed by atoms with van der Waals surface area (Å²) < 4.78 is 0. The molecule has 0 aliphatic heterocycles. The maximum absolute atomic E-state index is 0.